The van der Waals surface area contributed by atoms with Crippen molar-refractivity contribution in [2.24, 2.45) is 0 Å². The van der Waals surface area contributed by atoms with Gasteiger partial charge in [0.05, 0.1) is 40.9 Å². The van der Waals surface area contributed by atoms with E-state index in [1.54, 1.807) is 43.6 Å². The van der Waals surface area contributed by atoms with Crippen molar-refractivity contribution in [1.29, 1.82) is 0 Å². The monoisotopic (exact) mass is 682 g/mol. The van der Waals surface area contributed by atoms with Crippen LogP contribution in [0.1, 0.15) is 41.0 Å². The number of aromatic nitrogens is 4. The van der Waals surface area contributed by atoms with E-state index in [1.165, 1.54) is 0 Å². The highest BCUT2D eigenvalue weighted by Gasteiger charge is 2.21. The molecule has 14 heteroatoms. The molecule has 0 aliphatic carbocycles. The zero-order valence-electron chi connectivity index (χ0n) is 26.2. The fraction of sp³-hybridized carbons (Fsp3) is 0.364. The Labute approximate surface area is 282 Å². The number of methoxy groups -OCH3 is 1. The minimum atomic E-state index is -0.427. The predicted molar refractivity (Wildman–Crippen MR) is 181 cm³/mol. The summed E-state index contributed by atoms with van der Waals surface area (Å²) < 4.78 is 18.0. The van der Waals surface area contributed by atoms with Gasteiger partial charge in [-0.25, -0.2) is 4.98 Å². The SMILES string of the molecule is COc1nc(-c2ccnc(-c3cccc(NC(=O)c4cc(CCN(C)CCCF)[nH]n4)c3Cl)c2Cl)ccc1CNC[C@@H]1CCC(=O)N1. The number of nitrogens with zero attached hydrogens (tertiary/aromatic N) is 4. The van der Waals surface area contributed by atoms with Crippen LogP contribution in [0.4, 0.5) is 10.1 Å². The fourth-order valence-electron chi connectivity index (χ4n) is 5.33. The number of anilines is 1. The third-order valence-corrected chi connectivity index (χ3v) is 8.68. The summed E-state index contributed by atoms with van der Waals surface area (Å²) in [5.74, 6) is 0.107. The van der Waals surface area contributed by atoms with Crippen molar-refractivity contribution in [2.75, 3.05) is 45.8 Å². The van der Waals surface area contributed by atoms with Crippen molar-refractivity contribution in [1.82, 2.24) is 35.7 Å². The number of hydrogen-bond donors (Lipinski definition) is 4. The summed E-state index contributed by atoms with van der Waals surface area (Å²) in [7, 11) is 3.49. The summed E-state index contributed by atoms with van der Waals surface area (Å²) in [6, 6.07) is 12.6. The molecule has 1 aliphatic heterocycles. The number of nitrogens with one attached hydrogen (secondary N) is 4. The van der Waals surface area contributed by atoms with Gasteiger partial charge in [-0.3, -0.25) is 24.1 Å². The predicted octanol–water partition coefficient (Wildman–Crippen LogP) is 5.30. The number of carbonyl (C=O) groups is 2. The van der Waals surface area contributed by atoms with Crippen LogP contribution in [0.2, 0.25) is 10.0 Å². The fourth-order valence-corrected chi connectivity index (χ4v) is 5.90. The minimum Gasteiger partial charge on any atom is -0.481 e. The van der Waals surface area contributed by atoms with Gasteiger partial charge in [-0.15, -0.1) is 0 Å². The number of alkyl halides is 1. The maximum absolute atomic E-state index is 13.1. The maximum Gasteiger partial charge on any atom is 0.276 e. The largest absolute Gasteiger partial charge is 0.481 e. The lowest BCUT2D eigenvalue weighted by atomic mass is 10.1. The number of benzene rings is 1. The highest BCUT2D eigenvalue weighted by atomic mass is 35.5. The number of amides is 2. The van der Waals surface area contributed by atoms with E-state index in [4.69, 9.17) is 32.9 Å². The number of hydrogen-bond acceptors (Lipinski definition) is 8. The zero-order chi connectivity index (χ0) is 33.3. The molecule has 1 fully saturated rings. The normalized spacial score (nSPS) is 14.4. The molecule has 0 unspecified atom stereocenters. The molecule has 0 saturated carbocycles. The second-order valence-corrected chi connectivity index (χ2v) is 12.1. The Morgan fingerprint density at radius 1 is 1.15 bits per heavy atom. The number of halogens is 3. The third-order valence-electron chi connectivity index (χ3n) is 7.89. The van der Waals surface area contributed by atoms with Gasteiger partial charge in [0.1, 0.15) is 0 Å². The molecule has 1 saturated heterocycles. The van der Waals surface area contributed by atoms with Crippen LogP contribution in [0.25, 0.3) is 22.5 Å². The Kier molecular flexibility index (Phi) is 11.8. The first-order valence-corrected chi connectivity index (χ1v) is 16.1. The number of carbonyl (C=O) groups excluding carboxylic acids is 2. The van der Waals surface area contributed by atoms with Crippen molar-refractivity contribution < 1.29 is 18.7 Å². The van der Waals surface area contributed by atoms with Crippen LogP contribution in [0.3, 0.4) is 0 Å². The van der Waals surface area contributed by atoms with E-state index in [1.807, 2.05) is 24.1 Å². The maximum atomic E-state index is 13.1. The molecule has 47 heavy (non-hydrogen) atoms. The molecule has 0 spiro atoms. The van der Waals surface area contributed by atoms with Crippen LogP contribution in [-0.2, 0) is 17.8 Å². The lowest BCUT2D eigenvalue weighted by Gasteiger charge is -2.15. The molecular weight excluding hydrogens is 646 g/mol. The second kappa shape index (κ2) is 16.1. The molecule has 0 radical (unpaired) electrons. The molecule has 0 bridgehead atoms. The molecular formula is C33H37Cl2FN8O3. The number of pyridine rings is 2. The van der Waals surface area contributed by atoms with Crippen LogP contribution in [0, 0.1) is 0 Å². The molecule has 4 N–H and O–H groups in total. The summed E-state index contributed by atoms with van der Waals surface area (Å²) in [5.41, 5.74) is 4.43. The van der Waals surface area contributed by atoms with Crippen LogP contribution in [0.5, 0.6) is 5.88 Å². The van der Waals surface area contributed by atoms with Gasteiger partial charge < -0.3 is 25.6 Å². The second-order valence-electron chi connectivity index (χ2n) is 11.3. The van der Waals surface area contributed by atoms with E-state index in [0.717, 1.165) is 17.7 Å². The van der Waals surface area contributed by atoms with Gasteiger partial charge in [-0.1, -0.05) is 41.4 Å². The zero-order valence-corrected chi connectivity index (χ0v) is 27.7. The topological polar surface area (TPSA) is 137 Å². The third kappa shape index (κ3) is 8.63. The van der Waals surface area contributed by atoms with E-state index < -0.39 is 5.91 Å². The standard InChI is InChI=1S/C33H37Cl2FN8O3/c1-44(15-4-13-36)16-12-21-17-27(43-42-21)32(46)40-26-6-3-5-24(29(26)34)31-30(35)23(11-14-38-31)25-9-7-20(33(41-25)47-2)18-37-19-22-8-10-28(45)39-22/h3,5-7,9,11,14,17,22,37H,4,8,10,12-13,15-16,18-19H2,1-2H3,(H,39,45)(H,40,46)(H,42,43)/t22-/m0/s1. The van der Waals surface area contributed by atoms with Crippen molar-refractivity contribution >= 4 is 40.7 Å². The lowest BCUT2D eigenvalue weighted by Crippen LogP contribution is -2.35. The van der Waals surface area contributed by atoms with Crippen LogP contribution >= 0.6 is 23.2 Å². The van der Waals surface area contributed by atoms with E-state index in [0.29, 0.717) is 84.5 Å². The molecule has 248 valence electrons. The van der Waals surface area contributed by atoms with Gasteiger partial charge in [0.25, 0.3) is 5.91 Å². The van der Waals surface area contributed by atoms with Gasteiger partial charge in [-0.2, -0.15) is 5.10 Å². The van der Waals surface area contributed by atoms with E-state index in [2.05, 4.69) is 31.1 Å². The molecule has 5 rings (SSSR count). The van der Waals surface area contributed by atoms with Gasteiger partial charge in [0.15, 0.2) is 5.69 Å². The van der Waals surface area contributed by atoms with Crippen molar-refractivity contribution in [3.63, 3.8) is 0 Å². The Morgan fingerprint density at radius 2 is 2.00 bits per heavy atom. The number of likely N-dealkylation sites (N-methyl/N-ethyl adjacent to an activating group) is 1. The van der Waals surface area contributed by atoms with Crippen LogP contribution in [0.15, 0.2) is 48.7 Å². The van der Waals surface area contributed by atoms with E-state index in [-0.39, 0.29) is 29.3 Å². The van der Waals surface area contributed by atoms with Gasteiger partial charge in [0.2, 0.25) is 11.8 Å². The smallest absolute Gasteiger partial charge is 0.276 e. The average molecular weight is 684 g/mol. The van der Waals surface area contributed by atoms with Crippen molar-refractivity contribution in [2.45, 2.75) is 38.3 Å². The van der Waals surface area contributed by atoms with Gasteiger partial charge in [-0.05, 0) is 44.2 Å². The highest BCUT2D eigenvalue weighted by molar-refractivity contribution is 6.39. The summed E-state index contributed by atoms with van der Waals surface area (Å²) in [6.45, 7) is 2.19. The molecule has 1 atom stereocenters. The summed E-state index contributed by atoms with van der Waals surface area (Å²) >= 11 is 13.7. The van der Waals surface area contributed by atoms with Crippen LogP contribution in [-0.4, -0.2) is 83.4 Å². The first kappa shape index (κ1) is 34.2. The first-order valence-electron chi connectivity index (χ1n) is 15.3. The van der Waals surface area contributed by atoms with Crippen LogP contribution < -0.4 is 20.7 Å². The van der Waals surface area contributed by atoms with Gasteiger partial charge >= 0.3 is 0 Å². The minimum absolute atomic E-state index is 0.0816. The quantitative estimate of drug-likeness (QED) is 0.133. The number of ether oxygens (including phenoxy) is 1. The summed E-state index contributed by atoms with van der Waals surface area (Å²) in [4.78, 5) is 35.8. The number of rotatable bonds is 15. The van der Waals surface area contributed by atoms with E-state index in [9.17, 15) is 14.0 Å². The molecule has 4 aromatic rings. The molecule has 2 amide bonds. The number of aromatic amines is 1. The van der Waals surface area contributed by atoms with E-state index >= 15 is 0 Å². The van der Waals surface area contributed by atoms with Crippen molar-refractivity contribution in [3.8, 4) is 28.4 Å². The van der Waals surface area contributed by atoms with Crippen molar-refractivity contribution in [3.05, 3.63) is 75.7 Å². The molecule has 3 aromatic heterocycles. The Balaban J connectivity index is 1.28. The number of H-pyrrole nitrogens is 1. The summed E-state index contributed by atoms with van der Waals surface area (Å²) in [5, 5.41) is 16.8. The Hall–Kier alpha value is -4.10. The molecule has 1 aliphatic rings. The Bertz CT molecular complexity index is 1720. The van der Waals surface area contributed by atoms with Gasteiger partial charge in [0, 0.05) is 73.6 Å². The first-order chi connectivity index (χ1) is 22.8. The lowest BCUT2D eigenvalue weighted by molar-refractivity contribution is -0.119. The molecule has 4 heterocycles. The summed E-state index contributed by atoms with van der Waals surface area (Å²) in [6.07, 6.45) is 4.12. The Morgan fingerprint density at radius 3 is 2.77 bits per heavy atom. The molecule has 11 nitrogen and oxygen atoms in total. The average Bonchev–Trinajstić information content (AvgIpc) is 3.73. The molecule has 1 aromatic carbocycles. The highest BCUT2D eigenvalue weighted by Crippen LogP contribution is 2.40.